The van der Waals surface area contributed by atoms with Gasteiger partial charge in [0.1, 0.15) is 5.82 Å². The van der Waals surface area contributed by atoms with Crippen molar-refractivity contribution >= 4 is 28.3 Å². The second-order valence-corrected chi connectivity index (χ2v) is 9.02. The number of halogens is 2. The van der Waals surface area contributed by atoms with Crippen LogP contribution in [0.25, 0.3) is 11.0 Å². The third kappa shape index (κ3) is 3.97. The molecule has 1 atom stereocenters. The van der Waals surface area contributed by atoms with Crippen LogP contribution < -0.4 is 10.6 Å². The van der Waals surface area contributed by atoms with Crippen LogP contribution >= 0.6 is 0 Å². The lowest BCUT2D eigenvalue weighted by atomic mass is 9.92. The van der Waals surface area contributed by atoms with Gasteiger partial charge in [-0.2, -0.15) is 0 Å². The third-order valence-electron chi connectivity index (χ3n) is 7.01. The van der Waals surface area contributed by atoms with E-state index in [2.05, 4.69) is 4.57 Å². The Balaban J connectivity index is 1.62. The van der Waals surface area contributed by atoms with Gasteiger partial charge in [0, 0.05) is 37.0 Å². The summed E-state index contributed by atoms with van der Waals surface area (Å²) in [4.78, 5) is 19.6. The molecule has 1 unspecified atom stereocenters. The normalized spacial score (nSPS) is 23.9. The van der Waals surface area contributed by atoms with Crippen molar-refractivity contribution in [1.29, 1.82) is 0 Å². The van der Waals surface area contributed by atoms with Gasteiger partial charge >= 0.3 is 0 Å². The topological polar surface area (TPSA) is 73.4 Å². The van der Waals surface area contributed by atoms with Crippen LogP contribution in [0.15, 0.2) is 36.4 Å². The monoisotopic (exact) mass is 454 g/mol. The van der Waals surface area contributed by atoms with Gasteiger partial charge in [-0.15, -0.1) is 0 Å². The lowest BCUT2D eigenvalue weighted by Crippen LogP contribution is -2.40. The first-order valence-electron chi connectivity index (χ1n) is 11.5. The van der Waals surface area contributed by atoms with Gasteiger partial charge in [-0.1, -0.05) is 0 Å². The Hall–Kier alpha value is -3.00. The van der Waals surface area contributed by atoms with Crippen molar-refractivity contribution in [3.63, 3.8) is 0 Å². The Morgan fingerprint density at radius 1 is 1.03 bits per heavy atom. The molecule has 2 aromatic carbocycles. The highest BCUT2D eigenvalue weighted by atomic mass is 19.2. The van der Waals surface area contributed by atoms with Crippen LogP contribution in [0.3, 0.4) is 0 Å². The zero-order valence-corrected chi connectivity index (χ0v) is 18.6. The SMILES string of the molecule is COC1CCC(n2c(C3CCCC(=O)N3c3ccc(F)c(F)c3)nc3cc(N)ccc32)CC1. The number of piperidine rings is 1. The number of amides is 1. The molecule has 5 rings (SSSR count). The van der Waals surface area contributed by atoms with Crippen LogP contribution in [0.5, 0.6) is 0 Å². The Morgan fingerprint density at radius 2 is 1.82 bits per heavy atom. The number of hydrogen-bond donors (Lipinski definition) is 1. The number of nitrogen functional groups attached to an aromatic ring is 1. The van der Waals surface area contributed by atoms with Gasteiger partial charge in [0.25, 0.3) is 0 Å². The predicted octanol–water partition coefficient (Wildman–Crippen LogP) is 5.29. The number of nitrogens with zero attached hydrogens (tertiary/aromatic N) is 3. The van der Waals surface area contributed by atoms with E-state index in [4.69, 9.17) is 15.5 Å². The zero-order chi connectivity index (χ0) is 23.1. The second-order valence-electron chi connectivity index (χ2n) is 9.02. The molecule has 1 saturated heterocycles. The summed E-state index contributed by atoms with van der Waals surface area (Å²) in [6, 6.07) is 9.17. The molecular formula is C25H28F2N4O2. The Labute approximate surface area is 191 Å². The first kappa shape index (κ1) is 21.8. The number of carbonyl (C=O) groups excluding carboxylic acids is 1. The summed E-state index contributed by atoms with van der Waals surface area (Å²) >= 11 is 0. The number of anilines is 2. The molecule has 1 aliphatic carbocycles. The zero-order valence-electron chi connectivity index (χ0n) is 18.6. The first-order valence-corrected chi connectivity index (χ1v) is 11.5. The number of ether oxygens (including phenoxy) is 1. The molecule has 2 heterocycles. The summed E-state index contributed by atoms with van der Waals surface area (Å²) in [5.41, 5.74) is 8.77. The van der Waals surface area contributed by atoms with E-state index in [0.29, 0.717) is 30.6 Å². The molecule has 0 radical (unpaired) electrons. The predicted molar refractivity (Wildman–Crippen MR) is 123 cm³/mol. The maximum Gasteiger partial charge on any atom is 0.227 e. The molecule has 0 bridgehead atoms. The van der Waals surface area contributed by atoms with Crippen molar-refractivity contribution in [1.82, 2.24) is 9.55 Å². The summed E-state index contributed by atoms with van der Waals surface area (Å²) in [5, 5.41) is 0. The maximum atomic E-state index is 14.1. The van der Waals surface area contributed by atoms with Gasteiger partial charge in [-0.3, -0.25) is 4.79 Å². The number of fused-ring (bicyclic) bond motifs is 1. The number of rotatable bonds is 4. The molecule has 0 spiro atoms. The molecule has 2 fully saturated rings. The molecule has 1 amide bonds. The van der Waals surface area contributed by atoms with Gasteiger partial charge in [0.05, 0.1) is 23.2 Å². The minimum atomic E-state index is -0.969. The van der Waals surface area contributed by atoms with Gasteiger partial charge in [0.2, 0.25) is 5.91 Å². The van der Waals surface area contributed by atoms with Crippen molar-refractivity contribution in [3.05, 3.63) is 53.9 Å². The molecule has 8 heteroatoms. The molecule has 1 aromatic heterocycles. The highest BCUT2D eigenvalue weighted by Crippen LogP contribution is 2.41. The van der Waals surface area contributed by atoms with E-state index in [1.807, 2.05) is 18.2 Å². The number of hydrogen-bond acceptors (Lipinski definition) is 4. The van der Waals surface area contributed by atoms with E-state index in [0.717, 1.165) is 54.7 Å². The number of imidazole rings is 1. The number of carbonyl (C=O) groups is 1. The second kappa shape index (κ2) is 8.74. The summed E-state index contributed by atoms with van der Waals surface area (Å²) in [6.45, 7) is 0. The van der Waals surface area contributed by atoms with Crippen LogP contribution in [0, 0.1) is 11.6 Å². The smallest absolute Gasteiger partial charge is 0.227 e. The molecule has 1 saturated carbocycles. The van der Waals surface area contributed by atoms with Crippen LogP contribution in [-0.2, 0) is 9.53 Å². The number of nitrogens with two attached hydrogens (primary N) is 1. The summed E-state index contributed by atoms with van der Waals surface area (Å²) in [7, 11) is 1.75. The maximum absolute atomic E-state index is 14.1. The van der Waals surface area contributed by atoms with E-state index in [9.17, 15) is 13.6 Å². The summed E-state index contributed by atoms with van der Waals surface area (Å²) in [6.07, 6.45) is 5.80. The van der Waals surface area contributed by atoms with Gasteiger partial charge in [-0.05, 0) is 68.9 Å². The van der Waals surface area contributed by atoms with Crippen molar-refractivity contribution in [3.8, 4) is 0 Å². The average molecular weight is 455 g/mol. The minimum absolute atomic E-state index is 0.113. The Bertz CT molecular complexity index is 1190. The minimum Gasteiger partial charge on any atom is -0.399 e. The number of benzene rings is 2. The summed E-state index contributed by atoms with van der Waals surface area (Å²) < 4.78 is 35.5. The number of methoxy groups -OCH3 is 1. The van der Waals surface area contributed by atoms with Crippen molar-refractivity contribution in [2.75, 3.05) is 17.7 Å². The Kier molecular flexibility index (Phi) is 5.78. The molecule has 2 N–H and O–H groups in total. The molecule has 1 aliphatic heterocycles. The largest absolute Gasteiger partial charge is 0.399 e. The first-order chi connectivity index (χ1) is 16.0. The highest BCUT2D eigenvalue weighted by Gasteiger charge is 2.36. The average Bonchev–Trinajstić information content (AvgIpc) is 3.19. The fourth-order valence-corrected chi connectivity index (χ4v) is 5.37. The standard InChI is InChI=1S/C25H28F2N4O2/c1-33-18-9-6-16(7-10-18)31-22-12-5-15(28)13-21(22)29-25(31)23-3-2-4-24(32)30(23)17-8-11-19(26)20(27)14-17/h5,8,11-14,16,18,23H,2-4,6-7,9-10,28H2,1H3. The quantitative estimate of drug-likeness (QED) is 0.544. The lowest BCUT2D eigenvalue weighted by Gasteiger charge is -2.37. The molecule has 33 heavy (non-hydrogen) atoms. The van der Waals surface area contributed by atoms with Gasteiger partial charge in [-0.25, -0.2) is 13.8 Å². The molecular weight excluding hydrogens is 426 g/mol. The van der Waals surface area contributed by atoms with E-state index < -0.39 is 11.6 Å². The Morgan fingerprint density at radius 3 is 2.55 bits per heavy atom. The van der Waals surface area contributed by atoms with Crippen molar-refractivity contribution < 1.29 is 18.3 Å². The lowest BCUT2D eigenvalue weighted by molar-refractivity contribution is -0.120. The van der Waals surface area contributed by atoms with Crippen molar-refractivity contribution in [2.45, 2.75) is 63.1 Å². The van der Waals surface area contributed by atoms with Crippen LogP contribution in [0.4, 0.5) is 20.2 Å². The van der Waals surface area contributed by atoms with Crippen LogP contribution in [-0.4, -0.2) is 28.7 Å². The van der Waals surface area contributed by atoms with Crippen molar-refractivity contribution in [2.24, 2.45) is 0 Å². The van der Waals surface area contributed by atoms with Crippen LogP contribution in [0.2, 0.25) is 0 Å². The molecule has 3 aromatic rings. The van der Waals surface area contributed by atoms with E-state index in [1.165, 1.54) is 6.07 Å². The van der Waals surface area contributed by atoms with Gasteiger partial charge < -0.3 is 19.9 Å². The molecule has 6 nitrogen and oxygen atoms in total. The number of aromatic nitrogens is 2. The fourth-order valence-electron chi connectivity index (χ4n) is 5.37. The van der Waals surface area contributed by atoms with Crippen LogP contribution in [0.1, 0.15) is 62.9 Å². The fraction of sp³-hybridized carbons (Fsp3) is 0.440. The summed E-state index contributed by atoms with van der Waals surface area (Å²) in [5.74, 6) is -1.24. The van der Waals surface area contributed by atoms with E-state index in [-0.39, 0.29) is 24.1 Å². The highest BCUT2D eigenvalue weighted by molar-refractivity contribution is 5.95. The third-order valence-corrected chi connectivity index (χ3v) is 7.01. The van der Waals surface area contributed by atoms with E-state index >= 15 is 0 Å². The molecule has 174 valence electrons. The van der Waals surface area contributed by atoms with Gasteiger partial charge in [0.15, 0.2) is 11.6 Å². The van der Waals surface area contributed by atoms with E-state index in [1.54, 1.807) is 12.0 Å². The molecule has 2 aliphatic rings.